The zero-order chi connectivity index (χ0) is 15.0. The SMILES string of the molecule is Cl.Cl.Oc1c(Br)cc(Br)c([C@@H](CC2CC2)N2CCNCC2)c1Br. The van der Waals surface area contributed by atoms with Crippen molar-refractivity contribution in [2.45, 2.75) is 25.3 Å². The lowest BCUT2D eigenvalue weighted by Crippen LogP contribution is -2.45. The van der Waals surface area contributed by atoms with Gasteiger partial charge in [0.2, 0.25) is 0 Å². The Balaban J connectivity index is 0.00000132. The van der Waals surface area contributed by atoms with Crippen LogP contribution in [0.1, 0.15) is 30.9 Å². The van der Waals surface area contributed by atoms with Crippen LogP contribution in [0.5, 0.6) is 5.75 Å². The Bertz CT molecular complexity index is 538. The molecule has 2 fully saturated rings. The van der Waals surface area contributed by atoms with E-state index in [4.69, 9.17) is 0 Å². The number of halogens is 5. The van der Waals surface area contributed by atoms with Gasteiger partial charge in [-0.1, -0.05) is 28.8 Å². The van der Waals surface area contributed by atoms with E-state index in [0.717, 1.165) is 45.5 Å². The molecule has 1 aliphatic heterocycles. The normalized spacial score (nSPS) is 19.6. The topological polar surface area (TPSA) is 35.5 Å². The Morgan fingerprint density at radius 3 is 2.30 bits per heavy atom. The number of phenolic OH excluding ortho intramolecular Hbond substituents is 1. The zero-order valence-corrected chi connectivity index (χ0v) is 18.9. The average Bonchev–Trinajstić information content (AvgIpc) is 3.29. The first-order valence-electron chi connectivity index (χ1n) is 7.39. The van der Waals surface area contributed by atoms with Gasteiger partial charge < -0.3 is 10.4 Å². The van der Waals surface area contributed by atoms with Crippen LogP contribution in [0.3, 0.4) is 0 Å². The maximum Gasteiger partial charge on any atom is 0.144 e. The van der Waals surface area contributed by atoms with Crippen molar-refractivity contribution in [3.8, 4) is 5.75 Å². The lowest BCUT2D eigenvalue weighted by molar-refractivity contribution is 0.159. The Morgan fingerprint density at radius 1 is 1.13 bits per heavy atom. The first-order chi connectivity index (χ1) is 10.1. The molecule has 2 N–H and O–H groups in total. The highest BCUT2D eigenvalue weighted by atomic mass is 79.9. The summed E-state index contributed by atoms with van der Waals surface area (Å²) in [6, 6.07) is 2.32. The summed E-state index contributed by atoms with van der Waals surface area (Å²) in [7, 11) is 0. The average molecular weight is 556 g/mol. The molecule has 3 nitrogen and oxygen atoms in total. The van der Waals surface area contributed by atoms with Crippen molar-refractivity contribution in [2.75, 3.05) is 26.2 Å². The van der Waals surface area contributed by atoms with Crippen molar-refractivity contribution in [2.24, 2.45) is 5.92 Å². The summed E-state index contributed by atoms with van der Waals surface area (Å²) in [5.74, 6) is 1.14. The molecule has 1 saturated heterocycles. The van der Waals surface area contributed by atoms with Gasteiger partial charge in [0.15, 0.2) is 0 Å². The van der Waals surface area contributed by atoms with E-state index in [1.165, 1.54) is 24.8 Å². The summed E-state index contributed by atoms with van der Waals surface area (Å²) in [5, 5.41) is 13.7. The van der Waals surface area contributed by atoms with Gasteiger partial charge in [-0.3, -0.25) is 4.90 Å². The number of hydrogen-bond acceptors (Lipinski definition) is 3. The highest BCUT2D eigenvalue weighted by molar-refractivity contribution is 9.11. The van der Waals surface area contributed by atoms with Gasteiger partial charge >= 0.3 is 0 Å². The standard InChI is InChI=1S/C15H19Br3N2O.2ClH/c16-10-8-11(17)15(21)14(18)13(10)12(7-9-1-2-9)20-5-3-19-4-6-20;;/h8-9,12,19,21H,1-7H2;2*1H/t12-;;/m1../s1. The first-order valence-corrected chi connectivity index (χ1v) is 9.77. The number of rotatable bonds is 4. The molecule has 3 rings (SSSR count). The Morgan fingerprint density at radius 2 is 1.74 bits per heavy atom. The molecule has 23 heavy (non-hydrogen) atoms. The molecule has 132 valence electrons. The third-order valence-electron chi connectivity index (χ3n) is 4.36. The number of piperazine rings is 1. The fraction of sp³-hybridized carbons (Fsp3) is 0.600. The second kappa shape index (κ2) is 9.60. The van der Waals surface area contributed by atoms with Gasteiger partial charge in [0.05, 0.1) is 8.95 Å². The van der Waals surface area contributed by atoms with Crippen LogP contribution in [0, 0.1) is 5.92 Å². The summed E-state index contributed by atoms with van der Waals surface area (Å²) in [6.07, 6.45) is 3.87. The molecule has 2 aliphatic rings. The molecule has 0 spiro atoms. The van der Waals surface area contributed by atoms with Crippen LogP contribution in [0.2, 0.25) is 0 Å². The molecule has 1 atom stereocenters. The highest BCUT2D eigenvalue weighted by Crippen LogP contribution is 2.48. The second-order valence-corrected chi connectivity index (χ2v) is 8.40. The van der Waals surface area contributed by atoms with Gasteiger partial charge in [0.25, 0.3) is 0 Å². The minimum absolute atomic E-state index is 0. The lowest BCUT2D eigenvalue weighted by atomic mass is 9.98. The van der Waals surface area contributed by atoms with E-state index in [-0.39, 0.29) is 24.8 Å². The quantitative estimate of drug-likeness (QED) is 0.531. The predicted octanol–water partition coefficient (Wildman–Crippen LogP) is 5.27. The van der Waals surface area contributed by atoms with Crippen molar-refractivity contribution in [3.63, 3.8) is 0 Å². The molecular formula is C15H21Br3Cl2N2O. The monoisotopic (exact) mass is 552 g/mol. The number of nitrogens with zero attached hydrogens (tertiary/aromatic N) is 1. The molecule has 1 aliphatic carbocycles. The number of benzene rings is 1. The van der Waals surface area contributed by atoms with E-state index in [9.17, 15) is 5.11 Å². The number of aromatic hydroxyl groups is 1. The second-order valence-electron chi connectivity index (χ2n) is 5.90. The van der Waals surface area contributed by atoms with E-state index >= 15 is 0 Å². The number of nitrogens with one attached hydrogen (secondary N) is 1. The van der Waals surface area contributed by atoms with Crippen LogP contribution >= 0.6 is 72.6 Å². The van der Waals surface area contributed by atoms with Crippen molar-refractivity contribution in [3.05, 3.63) is 25.0 Å². The zero-order valence-electron chi connectivity index (χ0n) is 12.5. The van der Waals surface area contributed by atoms with E-state index in [1.54, 1.807) is 0 Å². The minimum atomic E-state index is 0. The van der Waals surface area contributed by atoms with E-state index in [1.807, 2.05) is 6.07 Å². The summed E-state index contributed by atoms with van der Waals surface area (Å²) >= 11 is 10.7. The fourth-order valence-electron chi connectivity index (χ4n) is 3.01. The molecule has 0 bridgehead atoms. The van der Waals surface area contributed by atoms with Crippen LogP contribution < -0.4 is 5.32 Å². The van der Waals surface area contributed by atoms with Gasteiger partial charge in [-0.15, -0.1) is 24.8 Å². The summed E-state index contributed by atoms with van der Waals surface area (Å²) in [4.78, 5) is 2.55. The van der Waals surface area contributed by atoms with Crippen LogP contribution in [0.25, 0.3) is 0 Å². The first kappa shape index (κ1) is 22.0. The number of phenols is 1. The van der Waals surface area contributed by atoms with Crippen LogP contribution in [0.4, 0.5) is 0 Å². The van der Waals surface area contributed by atoms with Gasteiger partial charge in [-0.05, 0) is 50.3 Å². The Hall–Kier alpha value is 0.960. The molecule has 1 heterocycles. The van der Waals surface area contributed by atoms with Crippen molar-refractivity contribution >= 4 is 72.6 Å². The third-order valence-corrected chi connectivity index (χ3v) is 6.42. The summed E-state index contributed by atoms with van der Waals surface area (Å²) in [6.45, 7) is 4.21. The highest BCUT2D eigenvalue weighted by Gasteiger charge is 2.33. The molecule has 0 aromatic heterocycles. The minimum Gasteiger partial charge on any atom is -0.506 e. The fourth-order valence-corrected chi connectivity index (χ4v) is 5.66. The molecule has 8 heteroatoms. The molecule has 1 aromatic carbocycles. The molecule has 1 saturated carbocycles. The largest absolute Gasteiger partial charge is 0.506 e. The summed E-state index contributed by atoms with van der Waals surface area (Å²) in [5.41, 5.74) is 1.18. The molecule has 0 unspecified atom stereocenters. The Labute approximate surface area is 175 Å². The van der Waals surface area contributed by atoms with Crippen molar-refractivity contribution in [1.82, 2.24) is 10.2 Å². The Kier molecular flexibility index (Phi) is 9.18. The van der Waals surface area contributed by atoms with Crippen molar-refractivity contribution < 1.29 is 5.11 Å². The molecular weight excluding hydrogens is 535 g/mol. The van der Waals surface area contributed by atoms with E-state index in [0.29, 0.717) is 11.8 Å². The van der Waals surface area contributed by atoms with Crippen LogP contribution in [0.15, 0.2) is 19.5 Å². The third kappa shape index (κ3) is 5.22. The maximum absolute atomic E-state index is 10.3. The van der Waals surface area contributed by atoms with Gasteiger partial charge in [-0.25, -0.2) is 0 Å². The molecule has 1 aromatic rings. The summed E-state index contributed by atoms with van der Waals surface area (Å²) < 4.78 is 2.59. The molecule has 0 radical (unpaired) electrons. The van der Waals surface area contributed by atoms with Gasteiger partial charge in [-0.2, -0.15) is 0 Å². The molecule has 0 amide bonds. The van der Waals surface area contributed by atoms with Crippen molar-refractivity contribution in [1.29, 1.82) is 0 Å². The van der Waals surface area contributed by atoms with Gasteiger partial charge in [0.1, 0.15) is 5.75 Å². The predicted molar refractivity (Wildman–Crippen MR) is 110 cm³/mol. The van der Waals surface area contributed by atoms with Crippen LogP contribution in [-0.4, -0.2) is 36.2 Å². The number of hydrogen-bond donors (Lipinski definition) is 2. The maximum atomic E-state index is 10.3. The smallest absolute Gasteiger partial charge is 0.144 e. The van der Waals surface area contributed by atoms with E-state index in [2.05, 4.69) is 58.0 Å². The van der Waals surface area contributed by atoms with Crippen LogP contribution in [-0.2, 0) is 0 Å². The van der Waals surface area contributed by atoms with Gasteiger partial charge in [0, 0.05) is 42.3 Å². The lowest BCUT2D eigenvalue weighted by Gasteiger charge is -2.36. The van der Waals surface area contributed by atoms with E-state index < -0.39 is 0 Å².